The number of sulfonamides is 1. The Bertz CT molecular complexity index is 1700. The zero-order chi connectivity index (χ0) is 29.7. The van der Waals surface area contributed by atoms with Gasteiger partial charge in [0.1, 0.15) is 35.0 Å². The van der Waals surface area contributed by atoms with Gasteiger partial charge in [0, 0.05) is 25.0 Å². The molecule has 2 bridgehead atoms. The molecule has 10 nitrogen and oxygen atoms in total. The van der Waals surface area contributed by atoms with Gasteiger partial charge in [-0.05, 0) is 23.8 Å². The van der Waals surface area contributed by atoms with Crippen molar-refractivity contribution in [3.63, 3.8) is 0 Å². The highest BCUT2D eigenvalue weighted by Crippen LogP contribution is 2.51. The van der Waals surface area contributed by atoms with Crippen molar-refractivity contribution < 1.29 is 49.6 Å². The fourth-order valence-corrected chi connectivity index (χ4v) is 9.09. The first-order chi connectivity index (χ1) is 19.2. The maximum absolute atomic E-state index is 15.4. The van der Waals surface area contributed by atoms with Crippen LogP contribution in [0.4, 0.5) is 17.6 Å². The van der Waals surface area contributed by atoms with Crippen LogP contribution in [0.2, 0.25) is 0 Å². The van der Waals surface area contributed by atoms with Gasteiger partial charge < -0.3 is 19.0 Å². The van der Waals surface area contributed by atoms with Crippen molar-refractivity contribution in [2.24, 2.45) is 0 Å². The highest BCUT2D eigenvalue weighted by Gasteiger charge is 2.39. The quantitative estimate of drug-likeness (QED) is 0.141. The van der Waals surface area contributed by atoms with Gasteiger partial charge in [0.15, 0.2) is 17.4 Å². The Labute approximate surface area is 236 Å². The summed E-state index contributed by atoms with van der Waals surface area (Å²) in [6, 6.07) is 4.60. The second-order valence-corrected chi connectivity index (χ2v) is 14.7. The van der Waals surface area contributed by atoms with E-state index in [0.29, 0.717) is 18.7 Å². The molecule has 3 N–H and O–H groups in total. The predicted octanol–water partition coefficient (Wildman–Crippen LogP) is 3.01. The number of piperazine rings is 3. The van der Waals surface area contributed by atoms with E-state index in [9.17, 15) is 35.9 Å². The van der Waals surface area contributed by atoms with Gasteiger partial charge in [-0.3, -0.25) is 9.46 Å². The first-order valence-corrected chi connectivity index (χ1v) is 16.3. The van der Waals surface area contributed by atoms with Crippen molar-refractivity contribution in [1.82, 2.24) is 9.62 Å². The van der Waals surface area contributed by atoms with Crippen LogP contribution in [-0.4, -0.2) is 80.0 Å². The summed E-state index contributed by atoms with van der Waals surface area (Å²) in [5.41, 5.74) is -0.945. The first-order valence-electron chi connectivity index (χ1n) is 12.3. The number of quaternary nitrogens is 1. The number of nitrogens with one attached hydrogen (secondary N) is 1. The minimum atomic E-state index is -5.32. The number of benzene rings is 2. The lowest BCUT2D eigenvalue weighted by atomic mass is 10.1. The lowest BCUT2D eigenvalue weighted by Gasteiger charge is -2.50. The summed E-state index contributed by atoms with van der Waals surface area (Å²) in [6.07, 6.45) is 0. The summed E-state index contributed by atoms with van der Waals surface area (Å²) < 4.78 is 104. The number of nitrogens with zero attached hydrogens (tertiary/aromatic N) is 3. The van der Waals surface area contributed by atoms with Gasteiger partial charge >= 0.3 is 7.60 Å². The molecule has 3 aliphatic heterocycles. The van der Waals surface area contributed by atoms with Crippen LogP contribution in [0.15, 0.2) is 28.5 Å². The summed E-state index contributed by atoms with van der Waals surface area (Å²) >= 11 is 0.205. The highest BCUT2D eigenvalue weighted by molar-refractivity contribution is 7.92. The Morgan fingerprint density at radius 2 is 1.76 bits per heavy atom. The summed E-state index contributed by atoms with van der Waals surface area (Å²) in [4.78, 5) is 21.9. The van der Waals surface area contributed by atoms with Crippen LogP contribution in [0.25, 0.3) is 10.1 Å². The van der Waals surface area contributed by atoms with Crippen molar-refractivity contribution in [3.05, 3.63) is 58.7 Å². The molecule has 1 unspecified atom stereocenters. The highest BCUT2D eigenvalue weighted by atomic mass is 32.2. The molecule has 0 amide bonds. The summed E-state index contributed by atoms with van der Waals surface area (Å²) in [7, 11) is -10.2. The zero-order valence-corrected chi connectivity index (χ0v) is 23.7. The molecule has 17 heteroatoms. The van der Waals surface area contributed by atoms with Crippen LogP contribution >= 0.6 is 18.9 Å². The number of rotatable bonds is 9. The second-order valence-electron chi connectivity index (χ2n) is 9.97. The largest absolute Gasteiger partial charge is 0.481 e. The number of nitriles is 1. The normalized spacial score (nSPS) is 21.6. The standard InChI is InChI=1S/C24H23F4N4O6PS2/c25-17-11-14(1-2-15(17)13-29)24(39(33,34)35)30-41(36,37)18-12-16-19(26)20(27)22(21(28)23(16)40-18)38-10-9-32-6-3-31(4-7-32)5-8-32/h1-2,11-12,24,30H,3-10H2,(H-,33,34,35)/p+1. The van der Waals surface area contributed by atoms with E-state index in [-0.39, 0.29) is 17.9 Å². The Kier molecular flexibility index (Phi) is 7.94. The average molecular weight is 636 g/mol. The van der Waals surface area contributed by atoms with Crippen molar-refractivity contribution >= 4 is 39.0 Å². The molecule has 0 saturated carbocycles. The van der Waals surface area contributed by atoms with Gasteiger partial charge in [0.05, 0.1) is 29.9 Å². The molecule has 3 aromatic rings. The van der Waals surface area contributed by atoms with E-state index in [2.05, 4.69) is 4.90 Å². The third kappa shape index (κ3) is 5.73. The first kappa shape index (κ1) is 29.9. The molecule has 3 aliphatic rings. The summed E-state index contributed by atoms with van der Waals surface area (Å²) in [5, 5.41) is 8.17. The van der Waals surface area contributed by atoms with Gasteiger partial charge in [-0.25, -0.2) is 21.6 Å². The van der Waals surface area contributed by atoms with Gasteiger partial charge in [0.25, 0.3) is 10.0 Å². The smallest absolute Gasteiger partial charge is 0.347 e. The molecule has 0 aliphatic carbocycles. The molecule has 1 aromatic heterocycles. The third-order valence-electron chi connectivity index (χ3n) is 7.52. The number of hydrogen-bond donors (Lipinski definition) is 3. The average Bonchev–Trinajstić information content (AvgIpc) is 3.40. The van der Waals surface area contributed by atoms with Crippen molar-refractivity contribution in [2.45, 2.75) is 9.99 Å². The van der Waals surface area contributed by atoms with Gasteiger partial charge in [0.2, 0.25) is 5.82 Å². The van der Waals surface area contributed by atoms with Gasteiger partial charge in [-0.1, -0.05) is 6.07 Å². The number of ether oxygens (including phenoxy) is 1. The fourth-order valence-electron chi connectivity index (χ4n) is 5.11. The summed E-state index contributed by atoms with van der Waals surface area (Å²) in [6.45, 7) is 5.69. The Balaban J connectivity index is 1.43. The van der Waals surface area contributed by atoms with E-state index in [0.717, 1.165) is 55.9 Å². The SMILES string of the molecule is N#Cc1ccc(C(NS(=O)(=O)c2cc3c(F)c(F)c(OCC[N+]45CCN(CC4)CC5)c(F)c3s2)P(=O)(O)O)cc1F. The van der Waals surface area contributed by atoms with Gasteiger partial charge in [-0.15, -0.1) is 11.3 Å². The zero-order valence-electron chi connectivity index (χ0n) is 21.2. The Morgan fingerprint density at radius 1 is 1.10 bits per heavy atom. The number of thiophene rings is 1. The molecule has 6 rings (SSSR count). The maximum Gasteiger partial charge on any atom is 0.347 e. The van der Waals surface area contributed by atoms with Crippen LogP contribution in [-0.2, 0) is 14.6 Å². The minimum Gasteiger partial charge on any atom is -0.481 e. The van der Waals surface area contributed by atoms with Crippen LogP contribution in [0, 0.1) is 34.6 Å². The van der Waals surface area contributed by atoms with Crippen molar-refractivity contribution in [1.29, 1.82) is 5.26 Å². The van der Waals surface area contributed by atoms with E-state index in [1.807, 2.05) is 0 Å². The Morgan fingerprint density at radius 3 is 2.34 bits per heavy atom. The van der Waals surface area contributed by atoms with Crippen molar-refractivity contribution in [2.75, 3.05) is 52.4 Å². The van der Waals surface area contributed by atoms with Gasteiger partial charge in [-0.2, -0.15) is 14.4 Å². The van der Waals surface area contributed by atoms with Crippen molar-refractivity contribution in [3.8, 4) is 11.8 Å². The van der Waals surface area contributed by atoms with E-state index in [4.69, 9.17) is 10.00 Å². The van der Waals surface area contributed by atoms with Crippen LogP contribution in [0.1, 0.15) is 16.9 Å². The number of fused-ring (bicyclic) bond motifs is 4. The fraction of sp³-hybridized carbons (Fsp3) is 0.375. The molecule has 3 saturated heterocycles. The number of hydrogen-bond acceptors (Lipinski definition) is 7. The molecule has 1 atom stereocenters. The van der Waals surface area contributed by atoms with E-state index in [1.165, 1.54) is 6.07 Å². The molecule has 0 spiro atoms. The van der Waals surface area contributed by atoms with E-state index >= 15 is 4.39 Å². The topological polar surface area (TPSA) is 140 Å². The summed E-state index contributed by atoms with van der Waals surface area (Å²) in [5.74, 6) is -8.92. The molecule has 0 radical (unpaired) electrons. The van der Waals surface area contributed by atoms with Crippen LogP contribution in [0.5, 0.6) is 5.75 Å². The number of halogens is 4. The molecule has 3 fully saturated rings. The maximum atomic E-state index is 15.4. The predicted molar refractivity (Wildman–Crippen MR) is 140 cm³/mol. The molecular formula is C24H24F4N4O6PS2+. The van der Waals surface area contributed by atoms with Crippen LogP contribution in [0.3, 0.4) is 0 Å². The second kappa shape index (κ2) is 10.9. The molecule has 41 heavy (non-hydrogen) atoms. The third-order valence-corrected chi connectivity index (χ3v) is 11.8. The lowest BCUT2D eigenvalue weighted by Crippen LogP contribution is -2.68. The molecular weight excluding hydrogens is 611 g/mol. The van der Waals surface area contributed by atoms with Crippen LogP contribution < -0.4 is 9.46 Å². The van der Waals surface area contributed by atoms with E-state index < -0.39 is 77.8 Å². The molecule has 2 aromatic carbocycles. The molecule has 220 valence electrons. The van der Waals surface area contributed by atoms with E-state index in [1.54, 1.807) is 4.72 Å². The lowest BCUT2D eigenvalue weighted by molar-refractivity contribution is -0.940. The Hall–Kier alpha value is -2.61. The minimum absolute atomic E-state index is 0.0952. The monoisotopic (exact) mass is 635 g/mol. The molecule has 4 heterocycles.